The van der Waals surface area contributed by atoms with Crippen molar-refractivity contribution < 1.29 is 13.6 Å². The topological polar surface area (TPSA) is 27.7 Å². The Bertz CT molecular complexity index is 180. The molecule has 0 N–H and O–H groups in total. The van der Waals surface area contributed by atoms with Crippen LogP contribution in [0.5, 0.6) is 0 Å². The Hall–Kier alpha value is 0.310. The van der Waals surface area contributed by atoms with E-state index in [1.807, 2.05) is 0 Å². The third-order valence-corrected chi connectivity index (χ3v) is 3.81. The van der Waals surface area contributed by atoms with Crippen LogP contribution < -0.4 is 0 Å². The maximum atomic E-state index is 5.77. The van der Waals surface area contributed by atoms with E-state index in [1.54, 1.807) is 0 Å². The molecule has 0 atom stereocenters. The maximum Gasteiger partial charge on any atom is 0.332 e. The fourth-order valence-corrected chi connectivity index (χ4v) is 3.27. The Morgan fingerprint density at radius 2 is 1.71 bits per heavy atom. The summed E-state index contributed by atoms with van der Waals surface area (Å²) < 4.78 is 16.9. The van der Waals surface area contributed by atoms with E-state index in [4.69, 9.17) is 13.6 Å². The molecule has 0 unspecified atom stereocenters. The van der Waals surface area contributed by atoms with Gasteiger partial charge >= 0.3 is 8.60 Å². The molecule has 3 nitrogen and oxygen atoms in total. The van der Waals surface area contributed by atoms with Gasteiger partial charge in [-0.25, -0.2) is 0 Å². The van der Waals surface area contributed by atoms with Crippen LogP contribution in [-0.4, -0.2) is 19.3 Å². The maximum absolute atomic E-state index is 5.77. The van der Waals surface area contributed by atoms with Crippen molar-refractivity contribution >= 4 is 8.60 Å². The number of hydrogen-bond donors (Lipinski definition) is 0. The summed E-state index contributed by atoms with van der Waals surface area (Å²) in [7, 11) is -1.04. The summed E-state index contributed by atoms with van der Waals surface area (Å²) >= 11 is 0. The van der Waals surface area contributed by atoms with Crippen molar-refractivity contribution in [1.29, 1.82) is 0 Å². The van der Waals surface area contributed by atoms with Gasteiger partial charge in [-0.05, 0) is 12.8 Å². The van der Waals surface area contributed by atoms with E-state index < -0.39 is 8.60 Å². The first-order valence-corrected chi connectivity index (χ1v) is 6.48. The van der Waals surface area contributed by atoms with Gasteiger partial charge in [0.25, 0.3) is 0 Å². The van der Waals surface area contributed by atoms with Crippen LogP contribution in [0.25, 0.3) is 0 Å². The molecule has 2 rings (SSSR count). The van der Waals surface area contributed by atoms with Crippen LogP contribution in [0.3, 0.4) is 0 Å². The van der Waals surface area contributed by atoms with Crippen LogP contribution in [0.1, 0.15) is 39.5 Å². The van der Waals surface area contributed by atoms with Gasteiger partial charge in [0.1, 0.15) is 0 Å². The molecule has 0 amide bonds. The van der Waals surface area contributed by atoms with E-state index in [9.17, 15) is 0 Å². The van der Waals surface area contributed by atoms with Gasteiger partial charge in [0, 0.05) is 5.41 Å². The Labute approximate surface area is 87.1 Å². The highest BCUT2D eigenvalue weighted by atomic mass is 31.2. The van der Waals surface area contributed by atoms with Gasteiger partial charge in [-0.15, -0.1) is 0 Å². The minimum absolute atomic E-state index is 0.151. The highest BCUT2D eigenvalue weighted by Crippen LogP contribution is 2.49. The molecular formula is C10H19O3P. The highest BCUT2D eigenvalue weighted by molar-refractivity contribution is 7.41. The van der Waals surface area contributed by atoms with E-state index in [0.29, 0.717) is 6.10 Å². The summed E-state index contributed by atoms with van der Waals surface area (Å²) in [5, 5.41) is 0. The zero-order valence-electron chi connectivity index (χ0n) is 8.99. The normalized spacial score (nSPS) is 29.6. The third-order valence-electron chi connectivity index (χ3n) is 2.66. The minimum atomic E-state index is -1.04. The fourth-order valence-electron chi connectivity index (χ4n) is 1.71. The van der Waals surface area contributed by atoms with Crippen molar-refractivity contribution in [2.75, 3.05) is 13.2 Å². The molecule has 1 aliphatic carbocycles. The molecule has 1 aliphatic heterocycles. The molecule has 4 heteroatoms. The number of rotatable bonds is 2. The van der Waals surface area contributed by atoms with Crippen LogP contribution in [0.4, 0.5) is 0 Å². The van der Waals surface area contributed by atoms with Crippen molar-refractivity contribution in [2.45, 2.75) is 45.6 Å². The average molecular weight is 218 g/mol. The van der Waals surface area contributed by atoms with Gasteiger partial charge in [-0.3, -0.25) is 0 Å². The zero-order valence-corrected chi connectivity index (χ0v) is 9.89. The van der Waals surface area contributed by atoms with Crippen molar-refractivity contribution in [3.8, 4) is 0 Å². The van der Waals surface area contributed by atoms with Gasteiger partial charge in [-0.2, -0.15) is 0 Å². The van der Waals surface area contributed by atoms with Gasteiger partial charge in [0.2, 0.25) is 0 Å². The Morgan fingerprint density at radius 3 is 2.29 bits per heavy atom. The largest absolute Gasteiger partial charge is 0.332 e. The second-order valence-electron chi connectivity index (χ2n) is 4.95. The first-order valence-electron chi connectivity index (χ1n) is 5.38. The lowest BCUT2D eigenvalue weighted by Crippen LogP contribution is -2.29. The Kier molecular flexibility index (Phi) is 3.43. The monoisotopic (exact) mass is 218 g/mol. The molecule has 1 saturated heterocycles. The molecule has 82 valence electrons. The molecule has 2 aliphatic rings. The average Bonchev–Trinajstić information content (AvgIpc) is 2.61. The molecule has 0 aromatic rings. The van der Waals surface area contributed by atoms with Crippen molar-refractivity contribution in [3.63, 3.8) is 0 Å². The smallest absolute Gasteiger partial charge is 0.312 e. The molecule has 2 fully saturated rings. The molecule has 0 aromatic carbocycles. The molecule has 14 heavy (non-hydrogen) atoms. The van der Waals surface area contributed by atoms with Crippen LogP contribution in [0, 0.1) is 5.41 Å². The van der Waals surface area contributed by atoms with Gasteiger partial charge in [0.15, 0.2) is 0 Å². The van der Waals surface area contributed by atoms with Crippen molar-refractivity contribution in [2.24, 2.45) is 5.41 Å². The van der Waals surface area contributed by atoms with Gasteiger partial charge in [-0.1, -0.05) is 26.7 Å². The first-order chi connectivity index (χ1) is 6.66. The highest BCUT2D eigenvalue weighted by Gasteiger charge is 2.32. The van der Waals surface area contributed by atoms with E-state index >= 15 is 0 Å². The predicted molar refractivity (Wildman–Crippen MR) is 55.9 cm³/mol. The second kappa shape index (κ2) is 4.44. The number of hydrogen-bond acceptors (Lipinski definition) is 3. The second-order valence-corrected chi connectivity index (χ2v) is 6.12. The molecule has 0 bridgehead atoms. The summed E-state index contributed by atoms with van der Waals surface area (Å²) in [6.07, 6.45) is 5.32. The lowest BCUT2D eigenvalue weighted by Gasteiger charge is -2.33. The van der Waals surface area contributed by atoms with Crippen LogP contribution in [0.15, 0.2) is 0 Å². The lowest BCUT2D eigenvalue weighted by atomic mass is 9.97. The molecule has 1 heterocycles. The summed E-state index contributed by atoms with van der Waals surface area (Å²) in [5.74, 6) is 0. The van der Waals surface area contributed by atoms with E-state index in [2.05, 4.69) is 13.8 Å². The predicted octanol–water partition coefficient (Wildman–Crippen LogP) is 3.25. The quantitative estimate of drug-likeness (QED) is 0.666. The SMILES string of the molecule is CC1(C)COP(OC2CCCC2)OC1. The zero-order chi connectivity index (χ0) is 10.0. The summed E-state index contributed by atoms with van der Waals surface area (Å²) in [4.78, 5) is 0. The van der Waals surface area contributed by atoms with Crippen LogP contribution in [-0.2, 0) is 13.6 Å². The van der Waals surface area contributed by atoms with Gasteiger partial charge in [0.05, 0.1) is 19.3 Å². The van der Waals surface area contributed by atoms with Crippen LogP contribution in [0.2, 0.25) is 0 Å². The lowest BCUT2D eigenvalue weighted by molar-refractivity contribution is 0.0163. The van der Waals surface area contributed by atoms with Crippen molar-refractivity contribution in [3.05, 3.63) is 0 Å². The molecule has 0 radical (unpaired) electrons. The fraction of sp³-hybridized carbons (Fsp3) is 1.00. The van der Waals surface area contributed by atoms with Crippen LogP contribution >= 0.6 is 8.60 Å². The first kappa shape index (κ1) is 10.8. The van der Waals surface area contributed by atoms with Gasteiger partial charge < -0.3 is 13.6 Å². The standard InChI is InChI=1S/C10H19O3P/c1-10(2)7-11-14(12-8-10)13-9-5-3-4-6-9/h9H,3-8H2,1-2H3. The molecular weight excluding hydrogens is 199 g/mol. The van der Waals surface area contributed by atoms with E-state index in [-0.39, 0.29) is 5.41 Å². The molecule has 1 saturated carbocycles. The van der Waals surface area contributed by atoms with Crippen molar-refractivity contribution in [1.82, 2.24) is 0 Å². The summed E-state index contributed by atoms with van der Waals surface area (Å²) in [5.41, 5.74) is 0.151. The minimum Gasteiger partial charge on any atom is -0.312 e. The summed E-state index contributed by atoms with van der Waals surface area (Å²) in [6.45, 7) is 5.81. The summed E-state index contributed by atoms with van der Waals surface area (Å²) in [6, 6.07) is 0. The van der Waals surface area contributed by atoms with E-state index in [1.165, 1.54) is 25.7 Å². The molecule has 0 spiro atoms. The van der Waals surface area contributed by atoms with E-state index in [0.717, 1.165) is 13.2 Å². The Morgan fingerprint density at radius 1 is 1.14 bits per heavy atom. The Balaban J connectivity index is 1.72. The molecule has 0 aromatic heterocycles. The third kappa shape index (κ3) is 2.90.